The lowest BCUT2D eigenvalue weighted by Gasteiger charge is -2.29. The quantitative estimate of drug-likeness (QED) is 0.704. The zero-order chi connectivity index (χ0) is 19.0. The lowest BCUT2D eigenvalue weighted by molar-refractivity contribution is -0.138. The normalized spacial score (nSPS) is 24.0. The van der Waals surface area contributed by atoms with Crippen LogP contribution in [0.1, 0.15) is 30.1 Å². The number of hydrogen-bond acceptors (Lipinski definition) is 7. The van der Waals surface area contributed by atoms with Crippen LogP contribution in [0.4, 0.5) is 0 Å². The van der Waals surface area contributed by atoms with Crippen LogP contribution in [-0.2, 0) is 9.59 Å². The first-order chi connectivity index (χ1) is 13.0. The Bertz CT molecular complexity index is 886. The largest absolute Gasteiger partial charge is 0.315 e. The SMILES string of the molecule is CC12CCC(=O)N1C(C(=O)NNC(=O)c1ccc(-n3cnnn3)cc1)CS2. The van der Waals surface area contributed by atoms with E-state index < -0.39 is 11.9 Å². The van der Waals surface area contributed by atoms with Crippen molar-refractivity contribution in [2.75, 3.05) is 5.75 Å². The van der Waals surface area contributed by atoms with Gasteiger partial charge in [-0.1, -0.05) is 0 Å². The molecule has 2 fully saturated rings. The third-order valence-electron chi connectivity index (χ3n) is 4.79. The van der Waals surface area contributed by atoms with Crippen LogP contribution >= 0.6 is 11.8 Å². The van der Waals surface area contributed by atoms with E-state index in [9.17, 15) is 14.4 Å². The summed E-state index contributed by atoms with van der Waals surface area (Å²) in [5.74, 6) is -0.343. The molecule has 11 heteroatoms. The Morgan fingerprint density at radius 2 is 2.04 bits per heavy atom. The van der Waals surface area contributed by atoms with Crippen molar-refractivity contribution in [3.8, 4) is 5.69 Å². The van der Waals surface area contributed by atoms with Crippen molar-refractivity contribution in [1.29, 1.82) is 0 Å². The smallest absolute Gasteiger partial charge is 0.269 e. The van der Waals surface area contributed by atoms with Crippen LogP contribution in [0.25, 0.3) is 5.69 Å². The molecule has 140 valence electrons. The van der Waals surface area contributed by atoms with Gasteiger partial charge in [-0.15, -0.1) is 16.9 Å². The van der Waals surface area contributed by atoms with E-state index in [1.165, 1.54) is 11.0 Å². The number of carbonyl (C=O) groups excluding carboxylic acids is 3. The van der Waals surface area contributed by atoms with Crippen molar-refractivity contribution in [2.24, 2.45) is 0 Å². The van der Waals surface area contributed by atoms with E-state index in [0.717, 1.165) is 6.42 Å². The summed E-state index contributed by atoms with van der Waals surface area (Å²) >= 11 is 1.60. The van der Waals surface area contributed by atoms with Gasteiger partial charge in [0.05, 0.1) is 10.6 Å². The van der Waals surface area contributed by atoms with Crippen molar-refractivity contribution in [1.82, 2.24) is 36.0 Å². The Hall–Kier alpha value is -2.95. The third-order valence-corrected chi connectivity index (χ3v) is 6.29. The van der Waals surface area contributed by atoms with E-state index in [0.29, 0.717) is 23.4 Å². The first-order valence-corrected chi connectivity index (χ1v) is 9.36. The highest BCUT2D eigenvalue weighted by Crippen LogP contribution is 2.47. The second-order valence-electron chi connectivity index (χ2n) is 6.51. The number of hydrogen-bond donors (Lipinski definition) is 2. The first kappa shape index (κ1) is 17.5. The van der Waals surface area contributed by atoms with Gasteiger partial charge in [-0.2, -0.15) is 0 Å². The Labute approximate surface area is 158 Å². The fraction of sp³-hybridized carbons (Fsp3) is 0.375. The van der Waals surface area contributed by atoms with E-state index in [2.05, 4.69) is 26.4 Å². The molecule has 0 aliphatic carbocycles. The van der Waals surface area contributed by atoms with Crippen LogP contribution in [-0.4, -0.2) is 59.5 Å². The molecule has 0 spiro atoms. The molecule has 0 radical (unpaired) electrons. The molecule has 0 saturated carbocycles. The molecule has 27 heavy (non-hydrogen) atoms. The van der Waals surface area contributed by atoms with E-state index in [-0.39, 0.29) is 16.7 Å². The number of carbonyl (C=O) groups is 3. The van der Waals surface area contributed by atoms with E-state index >= 15 is 0 Å². The minimum Gasteiger partial charge on any atom is -0.315 e. The van der Waals surface area contributed by atoms with Crippen molar-refractivity contribution < 1.29 is 14.4 Å². The molecule has 1 aromatic heterocycles. The summed E-state index contributed by atoms with van der Waals surface area (Å²) in [4.78, 5) is 38.1. The molecule has 0 bridgehead atoms. The number of hydrazine groups is 1. The van der Waals surface area contributed by atoms with Crippen molar-refractivity contribution in [3.63, 3.8) is 0 Å². The van der Waals surface area contributed by atoms with Gasteiger partial charge < -0.3 is 4.90 Å². The van der Waals surface area contributed by atoms with Crippen molar-refractivity contribution in [2.45, 2.75) is 30.7 Å². The molecule has 2 atom stereocenters. The number of benzene rings is 1. The Kier molecular flexibility index (Phi) is 4.30. The number of fused-ring (bicyclic) bond motifs is 1. The summed E-state index contributed by atoms with van der Waals surface area (Å²) in [6.45, 7) is 1.97. The standard InChI is InChI=1S/C16H17N7O3S/c1-16-7-6-13(24)23(16)12(8-27-16)15(26)19-18-14(25)10-2-4-11(5-3-10)22-9-17-20-21-22/h2-5,9,12H,6-8H2,1H3,(H,18,25)(H,19,26). The summed E-state index contributed by atoms with van der Waals surface area (Å²) < 4.78 is 1.46. The van der Waals surface area contributed by atoms with Crippen LogP contribution in [0.15, 0.2) is 30.6 Å². The third kappa shape index (κ3) is 3.14. The van der Waals surface area contributed by atoms with Crippen molar-refractivity contribution in [3.05, 3.63) is 36.2 Å². The van der Waals surface area contributed by atoms with Gasteiger partial charge >= 0.3 is 0 Å². The maximum absolute atomic E-state index is 12.5. The Balaban J connectivity index is 1.36. The van der Waals surface area contributed by atoms with Gasteiger partial charge in [0.2, 0.25) is 5.91 Å². The summed E-state index contributed by atoms with van der Waals surface area (Å²) in [6, 6.07) is 6.01. The van der Waals surface area contributed by atoms with E-state index in [4.69, 9.17) is 0 Å². The molecule has 2 saturated heterocycles. The maximum atomic E-state index is 12.5. The highest BCUT2D eigenvalue weighted by molar-refractivity contribution is 8.01. The highest BCUT2D eigenvalue weighted by atomic mass is 32.2. The summed E-state index contributed by atoms with van der Waals surface area (Å²) in [5.41, 5.74) is 5.91. The van der Waals surface area contributed by atoms with E-state index in [1.54, 1.807) is 40.9 Å². The fourth-order valence-electron chi connectivity index (χ4n) is 3.33. The summed E-state index contributed by atoms with van der Waals surface area (Å²) in [7, 11) is 0. The summed E-state index contributed by atoms with van der Waals surface area (Å²) in [5, 5.41) is 10.9. The number of rotatable bonds is 3. The second kappa shape index (κ2) is 6.65. The average Bonchev–Trinajstić information content (AvgIpc) is 3.38. The van der Waals surface area contributed by atoms with Gasteiger partial charge in [0.25, 0.3) is 11.8 Å². The Morgan fingerprint density at radius 1 is 1.26 bits per heavy atom. The molecule has 4 rings (SSSR count). The minimum absolute atomic E-state index is 0.0211. The first-order valence-electron chi connectivity index (χ1n) is 8.38. The van der Waals surface area contributed by atoms with Crippen LogP contribution in [0.3, 0.4) is 0 Å². The zero-order valence-corrected chi connectivity index (χ0v) is 15.3. The lowest BCUT2D eigenvalue weighted by atomic mass is 10.2. The Morgan fingerprint density at radius 3 is 2.74 bits per heavy atom. The molecular weight excluding hydrogens is 370 g/mol. The topological polar surface area (TPSA) is 122 Å². The number of amides is 3. The lowest BCUT2D eigenvalue weighted by Crippen LogP contribution is -2.54. The molecule has 1 aromatic carbocycles. The molecule has 3 heterocycles. The van der Waals surface area contributed by atoms with Crippen LogP contribution in [0, 0.1) is 0 Å². The fourth-order valence-corrected chi connectivity index (χ4v) is 4.77. The second-order valence-corrected chi connectivity index (χ2v) is 8.01. The number of tetrazole rings is 1. The molecule has 10 nitrogen and oxygen atoms in total. The maximum Gasteiger partial charge on any atom is 0.269 e. The number of aromatic nitrogens is 4. The summed E-state index contributed by atoms with van der Waals surface area (Å²) in [6.07, 6.45) is 2.63. The molecule has 2 N–H and O–H groups in total. The van der Waals surface area contributed by atoms with Crippen LogP contribution in [0.5, 0.6) is 0 Å². The van der Waals surface area contributed by atoms with Crippen molar-refractivity contribution >= 4 is 29.5 Å². The highest BCUT2D eigenvalue weighted by Gasteiger charge is 2.52. The van der Waals surface area contributed by atoms with Gasteiger partial charge in [0, 0.05) is 17.7 Å². The molecule has 2 unspecified atom stereocenters. The van der Waals surface area contributed by atoms with Gasteiger partial charge in [0.15, 0.2) is 0 Å². The van der Waals surface area contributed by atoms with Gasteiger partial charge in [0.1, 0.15) is 12.4 Å². The minimum atomic E-state index is -0.572. The molecule has 3 amide bonds. The molecular formula is C16H17N7O3S. The van der Waals surface area contributed by atoms with E-state index in [1.807, 2.05) is 6.92 Å². The van der Waals surface area contributed by atoms with Gasteiger partial charge in [-0.05, 0) is 48.0 Å². The van der Waals surface area contributed by atoms with Gasteiger partial charge in [-0.3, -0.25) is 25.2 Å². The number of thioether (sulfide) groups is 1. The molecule has 2 aliphatic rings. The zero-order valence-electron chi connectivity index (χ0n) is 14.5. The number of nitrogens with one attached hydrogen (secondary N) is 2. The van der Waals surface area contributed by atoms with Gasteiger partial charge in [-0.25, -0.2) is 4.68 Å². The molecule has 2 aliphatic heterocycles. The van der Waals surface area contributed by atoms with Crippen LogP contribution < -0.4 is 10.9 Å². The monoisotopic (exact) mass is 387 g/mol. The molecule has 2 aromatic rings. The number of nitrogens with zero attached hydrogens (tertiary/aromatic N) is 5. The van der Waals surface area contributed by atoms with Crippen LogP contribution in [0.2, 0.25) is 0 Å². The predicted octanol–water partition coefficient (Wildman–Crippen LogP) is -0.123. The average molecular weight is 387 g/mol. The predicted molar refractivity (Wildman–Crippen MR) is 95.5 cm³/mol.